The van der Waals surface area contributed by atoms with E-state index in [2.05, 4.69) is 17.9 Å². The third-order valence-electron chi connectivity index (χ3n) is 4.40. The number of nitrogens with two attached hydrogens (primary N) is 1. The van der Waals surface area contributed by atoms with Crippen LogP contribution in [0, 0.1) is 17.2 Å². The van der Waals surface area contributed by atoms with Crippen molar-refractivity contribution in [1.82, 2.24) is 4.90 Å². The maximum atomic E-state index is 9.62. The molecule has 0 saturated heterocycles. The number of hydrogen-bond acceptors (Lipinski definition) is 4. The van der Waals surface area contributed by atoms with Gasteiger partial charge in [0.15, 0.2) is 0 Å². The lowest BCUT2D eigenvalue weighted by Crippen LogP contribution is -2.50. The summed E-state index contributed by atoms with van der Waals surface area (Å²) in [6, 6.07) is 12.4. The average molecular weight is 287 g/mol. The highest BCUT2D eigenvalue weighted by molar-refractivity contribution is 5.31. The predicted molar refractivity (Wildman–Crippen MR) is 83.6 cm³/mol. The summed E-state index contributed by atoms with van der Waals surface area (Å²) in [5, 5.41) is 9.62. The number of methoxy groups -OCH3 is 1. The van der Waals surface area contributed by atoms with Gasteiger partial charge in [-0.1, -0.05) is 30.3 Å². The molecule has 1 aliphatic rings. The van der Waals surface area contributed by atoms with E-state index in [1.165, 1.54) is 12.8 Å². The van der Waals surface area contributed by atoms with Crippen molar-refractivity contribution < 1.29 is 4.74 Å². The van der Waals surface area contributed by atoms with E-state index in [1.54, 1.807) is 7.11 Å². The number of nitriles is 1. The Kier molecular flexibility index (Phi) is 5.35. The van der Waals surface area contributed by atoms with Crippen molar-refractivity contribution in [3.63, 3.8) is 0 Å². The van der Waals surface area contributed by atoms with Crippen LogP contribution in [-0.2, 0) is 10.3 Å². The second kappa shape index (κ2) is 7.04. The fourth-order valence-electron chi connectivity index (χ4n) is 2.76. The molecule has 0 heterocycles. The van der Waals surface area contributed by atoms with Gasteiger partial charge in [0.2, 0.25) is 0 Å². The lowest BCUT2D eigenvalue weighted by Gasteiger charge is -2.35. The van der Waals surface area contributed by atoms with Gasteiger partial charge in [0.05, 0.1) is 12.7 Å². The van der Waals surface area contributed by atoms with Crippen molar-refractivity contribution in [1.29, 1.82) is 5.26 Å². The molecule has 0 radical (unpaired) electrons. The molecular formula is C17H25N3O. The van der Waals surface area contributed by atoms with Crippen LogP contribution in [0.2, 0.25) is 0 Å². The summed E-state index contributed by atoms with van der Waals surface area (Å²) in [7, 11) is 1.71. The first-order valence-corrected chi connectivity index (χ1v) is 7.59. The molecule has 0 aliphatic heterocycles. The maximum absolute atomic E-state index is 9.62. The third kappa shape index (κ3) is 4.04. The zero-order valence-electron chi connectivity index (χ0n) is 13.0. The largest absolute Gasteiger partial charge is 0.383 e. The van der Waals surface area contributed by atoms with Gasteiger partial charge in [0.1, 0.15) is 5.54 Å². The molecule has 1 aromatic carbocycles. The number of ether oxygens (including phenoxy) is 1. The van der Waals surface area contributed by atoms with Crippen molar-refractivity contribution in [2.45, 2.75) is 31.3 Å². The Labute approximate surface area is 127 Å². The summed E-state index contributed by atoms with van der Waals surface area (Å²) in [6.45, 7) is 4.24. The van der Waals surface area contributed by atoms with Crippen molar-refractivity contribution in [3.8, 4) is 6.07 Å². The molecule has 4 heteroatoms. The van der Waals surface area contributed by atoms with Gasteiger partial charge in [-0.05, 0) is 31.2 Å². The van der Waals surface area contributed by atoms with Crippen molar-refractivity contribution >= 4 is 0 Å². The first-order chi connectivity index (χ1) is 10.1. The van der Waals surface area contributed by atoms with Gasteiger partial charge in [-0.3, -0.25) is 4.90 Å². The Hall–Kier alpha value is -1.41. The summed E-state index contributed by atoms with van der Waals surface area (Å²) in [5.74, 6) is 0.737. The molecule has 114 valence electrons. The Morgan fingerprint density at radius 2 is 2.10 bits per heavy atom. The molecule has 2 unspecified atom stereocenters. The minimum Gasteiger partial charge on any atom is -0.383 e. The van der Waals surface area contributed by atoms with E-state index in [0.29, 0.717) is 19.2 Å². The first kappa shape index (κ1) is 16.0. The monoisotopic (exact) mass is 287 g/mol. The van der Waals surface area contributed by atoms with Crippen LogP contribution >= 0.6 is 0 Å². The molecule has 0 bridgehead atoms. The van der Waals surface area contributed by atoms with E-state index in [9.17, 15) is 5.26 Å². The maximum Gasteiger partial charge on any atom is 0.142 e. The lowest BCUT2D eigenvalue weighted by atomic mass is 9.91. The second-order valence-corrected chi connectivity index (χ2v) is 5.99. The van der Waals surface area contributed by atoms with Crippen molar-refractivity contribution in [2.75, 3.05) is 26.8 Å². The molecule has 1 fully saturated rings. The number of hydrogen-bond donors (Lipinski definition) is 1. The Balaban J connectivity index is 2.14. The summed E-state index contributed by atoms with van der Waals surface area (Å²) >= 11 is 0. The highest BCUT2D eigenvalue weighted by Gasteiger charge is 2.36. The van der Waals surface area contributed by atoms with Crippen LogP contribution in [0.25, 0.3) is 0 Å². The summed E-state index contributed by atoms with van der Waals surface area (Å²) in [5.41, 5.74) is 6.31. The van der Waals surface area contributed by atoms with Gasteiger partial charge in [-0.15, -0.1) is 0 Å². The fourth-order valence-corrected chi connectivity index (χ4v) is 2.76. The molecule has 2 rings (SSSR count). The number of benzene rings is 1. The van der Waals surface area contributed by atoms with E-state index in [-0.39, 0.29) is 0 Å². The van der Waals surface area contributed by atoms with Crippen molar-refractivity contribution in [2.24, 2.45) is 11.7 Å². The molecule has 0 amide bonds. The zero-order chi connectivity index (χ0) is 15.3. The average Bonchev–Trinajstić information content (AvgIpc) is 3.36. The second-order valence-electron chi connectivity index (χ2n) is 5.99. The molecular weight excluding hydrogens is 262 g/mol. The third-order valence-corrected chi connectivity index (χ3v) is 4.40. The van der Waals surface area contributed by atoms with Crippen LogP contribution < -0.4 is 5.73 Å². The molecule has 1 aliphatic carbocycles. The Bertz CT molecular complexity index is 481. The highest BCUT2D eigenvalue weighted by Crippen LogP contribution is 2.36. The van der Waals surface area contributed by atoms with Crippen molar-refractivity contribution in [3.05, 3.63) is 35.9 Å². The minimum absolute atomic E-state index is 0.445. The highest BCUT2D eigenvalue weighted by atomic mass is 16.5. The van der Waals surface area contributed by atoms with Crippen LogP contribution in [0.3, 0.4) is 0 Å². The molecule has 1 saturated carbocycles. The molecule has 2 N–H and O–H groups in total. The van der Waals surface area contributed by atoms with Gasteiger partial charge >= 0.3 is 0 Å². The first-order valence-electron chi connectivity index (χ1n) is 7.59. The molecule has 0 aromatic heterocycles. The summed E-state index contributed by atoms with van der Waals surface area (Å²) in [4.78, 5) is 2.30. The van der Waals surface area contributed by atoms with E-state index < -0.39 is 5.54 Å². The van der Waals surface area contributed by atoms with Gasteiger partial charge in [0.25, 0.3) is 0 Å². The minimum atomic E-state index is -0.974. The normalized spacial score (nSPS) is 19.0. The fraction of sp³-hybridized carbons (Fsp3) is 0.588. The van der Waals surface area contributed by atoms with Crippen LogP contribution in [0.15, 0.2) is 30.3 Å². The van der Waals surface area contributed by atoms with Gasteiger partial charge in [-0.25, -0.2) is 0 Å². The van der Waals surface area contributed by atoms with Crippen LogP contribution in [-0.4, -0.2) is 37.7 Å². The summed E-state index contributed by atoms with van der Waals surface area (Å²) < 4.78 is 5.21. The zero-order valence-corrected chi connectivity index (χ0v) is 13.0. The molecule has 21 heavy (non-hydrogen) atoms. The van der Waals surface area contributed by atoms with Gasteiger partial charge in [0, 0.05) is 26.2 Å². The van der Waals surface area contributed by atoms with Gasteiger partial charge < -0.3 is 10.5 Å². The van der Waals surface area contributed by atoms with Crippen LogP contribution in [0.4, 0.5) is 0 Å². The Morgan fingerprint density at radius 1 is 1.43 bits per heavy atom. The molecule has 2 atom stereocenters. The topological polar surface area (TPSA) is 62.3 Å². The SMILES string of the molecule is COCCN(CC(N)(C#N)c1ccccc1)C(C)C1CC1. The Morgan fingerprint density at radius 3 is 2.62 bits per heavy atom. The van der Waals surface area contributed by atoms with Gasteiger partial charge in [-0.2, -0.15) is 5.26 Å². The smallest absolute Gasteiger partial charge is 0.142 e. The van der Waals surface area contributed by atoms with E-state index >= 15 is 0 Å². The van der Waals surface area contributed by atoms with E-state index in [0.717, 1.165) is 18.0 Å². The molecule has 1 aromatic rings. The molecule has 4 nitrogen and oxygen atoms in total. The van der Waals surface area contributed by atoms with Crippen LogP contribution in [0.5, 0.6) is 0 Å². The number of nitrogens with zero attached hydrogens (tertiary/aromatic N) is 2. The predicted octanol–water partition coefficient (Wildman–Crippen LogP) is 2.11. The standard InChI is InChI=1S/C17H25N3O/c1-14(15-8-9-15)20(10-11-21-2)13-17(19,12-18)16-6-4-3-5-7-16/h3-7,14-15H,8-11,13,19H2,1-2H3. The lowest BCUT2D eigenvalue weighted by molar-refractivity contribution is 0.104. The molecule has 0 spiro atoms. The summed E-state index contributed by atoms with van der Waals surface area (Å²) in [6.07, 6.45) is 2.56. The van der Waals surface area contributed by atoms with E-state index in [4.69, 9.17) is 10.5 Å². The van der Waals surface area contributed by atoms with E-state index in [1.807, 2.05) is 30.3 Å². The quantitative estimate of drug-likeness (QED) is 0.795. The van der Waals surface area contributed by atoms with Crippen LogP contribution in [0.1, 0.15) is 25.3 Å². The number of rotatable bonds is 8.